The molecule has 4 rings (SSSR count). The number of hydrogen-bond acceptors (Lipinski definition) is 8. The van der Waals surface area contributed by atoms with Gasteiger partial charge in [-0.1, -0.05) is 56.0 Å². The van der Waals surface area contributed by atoms with Gasteiger partial charge in [0.2, 0.25) is 18.1 Å². The number of aryl methyl sites for hydroxylation is 1. The lowest BCUT2D eigenvalue weighted by Crippen LogP contribution is -2.45. The number of halogens is 1. The van der Waals surface area contributed by atoms with Crippen LogP contribution in [0.2, 0.25) is 0 Å². The quantitative estimate of drug-likeness (QED) is 0.319. The maximum Gasteiger partial charge on any atom is 0.243 e. The molecule has 38 heavy (non-hydrogen) atoms. The van der Waals surface area contributed by atoms with Gasteiger partial charge in [0.25, 0.3) is 0 Å². The fourth-order valence-corrected chi connectivity index (χ4v) is 5.07. The summed E-state index contributed by atoms with van der Waals surface area (Å²) in [6.07, 6.45) is 5.55. The first-order valence-electron chi connectivity index (χ1n) is 13.3. The second-order valence-corrected chi connectivity index (χ2v) is 10.0. The van der Waals surface area contributed by atoms with E-state index in [4.69, 9.17) is 9.57 Å². The Hall–Kier alpha value is -3.31. The summed E-state index contributed by atoms with van der Waals surface area (Å²) in [5, 5.41) is 1.17. The van der Waals surface area contributed by atoms with Crippen LogP contribution < -0.4 is 15.8 Å². The van der Waals surface area contributed by atoms with Crippen molar-refractivity contribution in [2.75, 3.05) is 36.6 Å². The van der Waals surface area contributed by atoms with Gasteiger partial charge in [-0.3, -0.25) is 25.3 Å². The highest BCUT2D eigenvalue weighted by Crippen LogP contribution is 2.31. The predicted molar refractivity (Wildman–Crippen MR) is 140 cm³/mol. The number of benzene rings is 1. The smallest absolute Gasteiger partial charge is 0.243 e. The molecule has 2 heterocycles. The molecule has 0 radical (unpaired) electrons. The third-order valence-electron chi connectivity index (χ3n) is 7.11. The number of aromatic nitrogens is 2. The van der Waals surface area contributed by atoms with Gasteiger partial charge < -0.3 is 9.64 Å². The zero-order valence-corrected chi connectivity index (χ0v) is 22.1. The minimum atomic E-state index is -0.641. The number of anilines is 2. The molecule has 1 saturated heterocycles. The van der Waals surface area contributed by atoms with Gasteiger partial charge >= 0.3 is 0 Å². The molecule has 1 saturated carbocycles. The second kappa shape index (κ2) is 13.5. The molecule has 11 heteroatoms. The first-order chi connectivity index (χ1) is 18.4. The normalized spacial score (nSPS) is 18.7. The Bertz CT molecular complexity index is 1070. The van der Waals surface area contributed by atoms with E-state index >= 15 is 4.39 Å². The maximum atomic E-state index is 15.4. The largest absolute Gasteiger partial charge is 0.377 e. The van der Waals surface area contributed by atoms with Gasteiger partial charge in [-0.15, -0.1) is 0 Å². The molecule has 1 aliphatic carbocycles. The summed E-state index contributed by atoms with van der Waals surface area (Å²) in [6.45, 7) is 5.38. The molecule has 0 unspecified atom stereocenters. The van der Waals surface area contributed by atoms with E-state index in [0.29, 0.717) is 44.3 Å². The van der Waals surface area contributed by atoms with Crippen molar-refractivity contribution < 1.29 is 23.6 Å². The molecule has 1 aliphatic heterocycles. The Labute approximate surface area is 222 Å². The number of hydrogen-bond donors (Lipinski definition) is 2. The van der Waals surface area contributed by atoms with Crippen molar-refractivity contribution in [3.05, 3.63) is 47.5 Å². The van der Waals surface area contributed by atoms with Crippen LogP contribution in [0.5, 0.6) is 0 Å². The molecule has 0 bridgehead atoms. The number of morpholine rings is 1. The van der Waals surface area contributed by atoms with Gasteiger partial charge in [0, 0.05) is 6.54 Å². The monoisotopic (exact) mass is 528 g/mol. The predicted octanol–water partition coefficient (Wildman–Crippen LogP) is 3.38. The lowest BCUT2D eigenvalue weighted by Gasteiger charge is -2.34. The first-order valence-corrected chi connectivity index (χ1v) is 13.3. The fraction of sp³-hybridized carbons (Fsp3) is 0.556. The molecule has 0 spiro atoms. The number of hydroxylamine groups is 2. The molecule has 10 nitrogen and oxygen atoms in total. The van der Waals surface area contributed by atoms with E-state index in [0.717, 1.165) is 31.2 Å². The summed E-state index contributed by atoms with van der Waals surface area (Å²) in [5.74, 6) is -0.708. The Morgan fingerprint density at radius 3 is 2.76 bits per heavy atom. The Kier molecular flexibility index (Phi) is 9.83. The van der Waals surface area contributed by atoms with E-state index < -0.39 is 11.7 Å². The summed E-state index contributed by atoms with van der Waals surface area (Å²) < 4.78 is 20.9. The Balaban J connectivity index is 1.43. The third-order valence-corrected chi connectivity index (χ3v) is 7.11. The molecular formula is C27H37FN6O4. The summed E-state index contributed by atoms with van der Waals surface area (Å²) in [4.78, 5) is 41.1. The van der Waals surface area contributed by atoms with Crippen LogP contribution in [0.3, 0.4) is 0 Å². The van der Waals surface area contributed by atoms with Crippen molar-refractivity contribution in [3.63, 3.8) is 0 Å². The van der Waals surface area contributed by atoms with E-state index in [9.17, 15) is 9.59 Å². The van der Waals surface area contributed by atoms with Crippen molar-refractivity contribution in [1.29, 1.82) is 0 Å². The lowest BCUT2D eigenvalue weighted by molar-refractivity contribution is -0.182. The second-order valence-electron chi connectivity index (χ2n) is 10.0. The molecular weight excluding hydrogens is 491 g/mol. The highest BCUT2D eigenvalue weighted by atomic mass is 19.1. The molecule has 2 fully saturated rings. The van der Waals surface area contributed by atoms with Crippen molar-refractivity contribution in [2.24, 2.45) is 11.8 Å². The lowest BCUT2D eigenvalue weighted by atomic mass is 9.92. The third kappa shape index (κ3) is 7.38. The molecule has 2 atom stereocenters. The SMILES string of the molecule is Cc1nc(NNC(=O)[C@@H](CC2CCCC2)CN(C=O)OCc2ccccc2)c(F)c(N2CCOC[C@@H]2C)n1. The van der Waals surface area contributed by atoms with E-state index in [1.165, 1.54) is 5.06 Å². The van der Waals surface area contributed by atoms with E-state index in [1.54, 1.807) is 6.92 Å². The molecule has 1 aromatic heterocycles. The minimum Gasteiger partial charge on any atom is -0.377 e. The van der Waals surface area contributed by atoms with Gasteiger partial charge in [-0.2, -0.15) is 4.39 Å². The van der Waals surface area contributed by atoms with E-state index in [-0.39, 0.29) is 36.7 Å². The maximum absolute atomic E-state index is 15.4. The summed E-state index contributed by atoms with van der Waals surface area (Å²) in [7, 11) is 0. The highest BCUT2D eigenvalue weighted by molar-refractivity contribution is 5.80. The van der Waals surface area contributed by atoms with Gasteiger partial charge in [0.05, 0.1) is 31.7 Å². The van der Waals surface area contributed by atoms with Gasteiger partial charge in [-0.25, -0.2) is 15.0 Å². The zero-order chi connectivity index (χ0) is 26.9. The van der Waals surface area contributed by atoms with Gasteiger partial charge in [0.1, 0.15) is 12.4 Å². The summed E-state index contributed by atoms with van der Waals surface area (Å²) >= 11 is 0. The summed E-state index contributed by atoms with van der Waals surface area (Å²) in [6, 6.07) is 9.45. The van der Waals surface area contributed by atoms with Crippen molar-refractivity contribution in [1.82, 2.24) is 20.5 Å². The van der Waals surface area contributed by atoms with E-state index in [1.807, 2.05) is 42.2 Å². The van der Waals surface area contributed by atoms with Crippen LogP contribution in [0.15, 0.2) is 30.3 Å². The van der Waals surface area contributed by atoms with Crippen LogP contribution in [0.4, 0.5) is 16.0 Å². The average molecular weight is 529 g/mol. The van der Waals surface area contributed by atoms with Gasteiger partial charge in [0.15, 0.2) is 11.6 Å². The molecule has 2 aromatic rings. The van der Waals surface area contributed by atoms with E-state index in [2.05, 4.69) is 20.8 Å². The van der Waals surface area contributed by atoms with Crippen LogP contribution in [-0.4, -0.2) is 59.7 Å². The van der Waals surface area contributed by atoms with Crippen LogP contribution >= 0.6 is 0 Å². The van der Waals surface area contributed by atoms with Gasteiger partial charge in [-0.05, 0) is 31.7 Å². The topological polar surface area (TPSA) is 109 Å². The fourth-order valence-electron chi connectivity index (χ4n) is 5.07. The number of nitrogens with zero attached hydrogens (tertiary/aromatic N) is 4. The van der Waals surface area contributed by atoms with Crippen LogP contribution in [-0.2, 0) is 25.8 Å². The molecule has 1 aromatic carbocycles. The average Bonchev–Trinajstić information content (AvgIpc) is 3.44. The summed E-state index contributed by atoms with van der Waals surface area (Å²) in [5.41, 5.74) is 6.21. The Morgan fingerprint density at radius 2 is 2.05 bits per heavy atom. The number of carbonyl (C=O) groups is 2. The number of nitrogens with one attached hydrogen (secondary N) is 2. The van der Waals surface area contributed by atoms with Crippen LogP contribution in [0, 0.1) is 24.6 Å². The molecule has 2 aliphatic rings. The molecule has 2 amide bonds. The van der Waals surface area contributed by atoms with Crippen LogP contribution in [0.1, 0.15) is 50.4 Å². The number of amides is 2. The standard InChI is InChI=1S/C27H37FN6O4/c1-19-16-37-13-12-34(19)26-24(28)25(29-20(2)30-26)31-32-27(36)23(14-21-8-6-7-9-21)15-33(18-35)38-17-22-10-4-3-5-11-22/h3-5,10-11,18-19,21,23H,6-9,12-17H2,1-2H3,(H,32,36)(H,29,30,31)/t19-,23-/m0/s1. The van der Waals surface area contributed by atoms with Crippen molar-refractivity contribution in [3.8, 4) is 0 Å². The van der Waals surface area contributed by atoms with Crippen LogP contribution in [0.25, 0.3) is 0 Å². The molecule has 206 valence electrons. The number of carbonyl (C=O) groups excluding carboxylic acids is 2. The van der Waals surface area contributed by atoms with Crippen molar-refractivity contribution in [2.45, 2.75) is 58.6 Å². The molecule has 2 N–H and O–H groups in total. The number of rotatable bonds is 12. The number of ether oxygens (including phenoxy) is 1. The highest BCUT2D eigenvalue weighted by Gasteiger charge is 2.29. The van der Waals surface area contributed by atoms with Crippen molar-refractivity contribution >= 4 is 24.0 Å². The minimum absolute atomic E-state index is 0.0454. The number of hydrazine groups is 1. The zero-order valence-electron chi connectivity index (χ0n) is 22.1. The Morgan fingerprint density at radius 1 is 1.29 bits per heavy atom. The first kappa shape index (κ1) is 27.7.